The van der Waals surface area contributed by atoms with Gasteiger partial charge in [0.2, 0.25) is 0 Å². The number of nitrogens with one attached hydrogen (secondary N) is 1. The first-order valence-electron chi connectivity index (χ1n) is 6.40. The largest absolute Gasteiger partial charge is 0.345 e. The van der Waals surface area contributed by atoms with Crippen molar-refractivity contribution in [2.24, 2.45) is 0 Å². The summed E-state index contributed by atoms with van der Waals surface area (Å²) in [6, 6.07) is 7.97. The Bertz CT molecular complexity index is 688. The number of hydrogen-bond acceptors (Lipinski definition) is 1. The third-order valence-electron chi connectivity index (χ3n) is 3.20. The van der Waals surface area contributed by atoms with Crippen molar-refractivity contribution in [3.63, 3.8) is 0 Å². The van der Waals surface area contributed by atoms with E-state index in [1.165, 1.54) is 12.1 Å². The molecule has 0 heterocycles. The molecule has 0 saturated heterocycles. The molecule has 1 N–H and O–H groups in total. The molecule has 2 aromatic carbocycles. The summed E-state index contributed by atoms with van der Waals surface area (Å²) in [6.07, 6.45) is 0. The van der Waals surface area contributed by atoms with Crippen LogP contribution in [-0.4, -0.2) is 5.91 Å². The van der Waals surface area contributed by atoms with Crippen molar-refractivity contribution in [2.45, 2.75) is 19.9 Å². The van der Waals surface area contributed by atoms with E-state index in [0.717, 1.165) is 16.1 Å². The van der Waals surface area contributed by atoms with Crippen LogP contribution in [0.5, 0.6) is 0 Å². The fourth-order valence-electron chi connectivity index (χ4n) is 2.00. The van der Waals surface area contributed by atoms with E-state index in [9.17, 15) is 13.6 Å². The summed E-state index contributed by atoms with van der Waals surface area (Å²) >= 11 is 3.37. The van der Waals surface area contributed by atoms with Crippen molar-refractivity contribution < 1.29 is 13.6 Å². The molecule has 0 aliphatic rings. The Morgan fingerprint density at radius 2 is 1.90 bits per heavy atom. The maximum atomic E-state index is 13.7. The summed E-state index contributed by atoms with van der Waals surface area (Å²) in [6.45, 7) is 3.53. The molecular weight excluding hydrogens is 340 g/mol. The zero-order valence-corrected chi connectivity index (χ0v) is 13.2. The van der Waals surface area contributed by atoms with E-state index in [-0.39, 0.29) is 11.5 Å². The van der Waals surface area contributed by atoms with Crippen LogP contribution in [0.25, 0.3) is 0 Å². The molecule has 21 heavy (non-hydrogen) atoms. The van der Waals surface area contributed by atoms with E-state index < -0.39 is 17.7 Å². The molecule has 2 rings (SSSR count). The highest BCUT2D eigenvalue weighted by Crippen LogP contribution is 2.20. The van der Waals surface area contributed by atoms with Gasteiger partial charge < -0.3 is 5.32 Å². The molecule has 0 aliphatic carbocycles. The van der Waals surface area contributed by atoms with Crippen LogP contribution in [0.4, 0.5) is 8.78 Å². The van der Waals surface area contributed by atoms with E-state index in [2.05, 4.69) is 21.2 Å². The smallest absolute Gasteiger partial charge is 0.251 e. The molecule has 0 radical (unpaired) electrons. The zero-order valence-electron chi connectivity index (χ0n) is 11.6. The zero-order chi connectivity index (χ0) is 15.6. The second kappa shape index (κ2) is 6.35. The van der Waals surface area contributed by atoms with Crippen molar-refractivity contribution >= 4 is 21.8 Å². The number of hydrogen-bond donors (Lipinski definition) is 1. The SMILES string of the molecule is Cc1cc(C(=O)NC(C)c2ccc(F)cc2F)ccc1Br. The number of rotatable bonds is 3. The van der Waals surface area contributed by atoms with Gasteiger partial charge in [-0.2, -0.15) is 0 Å². The van der Waals surface area contributed by atoms with Gasteiger partial charge in [0.1, 0.15) is 11.6 Å². The van der Waals surface area contributed by atoms with Crippen LogP contribution in [0.2, 0.25) is 0 Å². The molecule has 110 valence electrons. The Labute approximate surface area is 130 Å². The van der Waals surface area contributed by atoms with Gasteiger partial charge in [-0.05, 0) is 43.7 Å². The van der Waals surface area contributed by atoms with Crippen LogP contribution in [0, 0.1) is 18.6 Å². The van der Waals surface area contributed by atoms with Gasteiger partial charge in [-0.25, -0.2) is 8.78 Å². The summed E-state index contributed by atoms with van der Waals surface area (Å²) in [5.41, 5.74) is 1.67. The molecule has 0 spiro atoms. The number of carbonyl (C=O) groups excluding carboxylic acids is 1. The fourth-order valence-corrected chi connectivity index (χ4v) is 2.24. The minimum absolute atomic E-state index is 0.249. The lowest BCUT2D eigenvalue weighted by Crippen LogP contribution is -2.27. The second-order valence-corrected chi connectivity index (χ2v) is 5.68. The summed E-state index contributed by atoms with van der Waals surface area (Å²) in [5, 5.41) is 2.70. The summed E-state index contributed by atoms with van der Waals surface area (Å²) < 4.78 is 27.5. The van der Waals surface area contributed by atoms with E-state index >= 15 is 0 Å². The first kappa shape index (κ1) is 15.6. The lowest BCUT2D eigenvalue weighted by Gasteiger charge is -2.15. The maximum absolute atomic E-state index is 13.7. The van der Waals surface area contributed by atoms with Crippen molar-refractivity contribution in [1.29, 1.82) is 0 Å². The molecule has 0 aromatic heterocycles. The molecule has 0 saturated carbocycles. The number of aryl methyl sites for hydroxylation is 1. The van der Waals surface area contributed by atoms with Gasteiger partial charge in [-0.3, -0.25) is 4.79 Å². The van der Waals surface area contributed by atoms with E-state index in [1.54, 1.807) is 25.1 Å². The van der Waals surface area contributed by atoms with Crippen molar-refractivity contribution in [3.05, 3.63) is 69.2 Å². The quantitative estimate of drug-likeness (QED) is 0.862. The van der Waals surface area contributed by atoms with Crippen molar-refractivity contribution in [1.82, 2.24) is 5.32 Å². The minimum atomic E-state index is -0.671. The molecule has 1 amide bonds. The second-order valence-electron chi connectivity index (χ2n) is 4.82. The van der Waals surface area contributed by atoms with Gasteiger partial charge in [0, 0.05) is 21.7 Å². The Kier molecular flexibility index (Phi) is 4.73. The van der Waals surface area contributed by atoms with Crippen molar-refractivity contribution in [2.75, 3.05) is 0 Å². The predicted octanol–water partition coefficient (Wildman–Crippen LogP) is 4.53. The van der Waals surface area contributed by atoms with Gasteiger partial charge in [0.05, 0.1) is 6.04 Å². The van der Waals surface area contributed by atoms with E-state index in [0.29, 0.717) is 5.56 Å². The monoisotopic (exact) mass is 353 g/mol. The van der Waals surface area contributed by atoms with Crippen LogP contribution in [0.15, 0.2) is 40.9 Å². The van der Waals surface area contributed by atoms with E-state index in [1.807, 2.05) is 6.92 Å². The maximum Gasteiger partial charge on any atom is 0.251 e. The lowest BCUT2D eigenvalue weighted by atomic mass is 10.1. The Hall–Kier alpha value is -1.75. The normalized spacial score (nSPS) is 12.0. The molecule has 2 nitrogen and oxygen atoms in total. The van der Waals surface area contributed by atoms with Crippen molar-refractivity contribution in [3.8, 4) is 0 Å². The average Bonchev–Trinajstić information content (AvgIpc) is 2.41. The summed E-state index contributed by atoms with van der Waals surface area (Å²) in [5.74, 6) is -1.62. The van der Waals surface area contributed by atoms with Crippen LogP contribution in [-0.2, 0) is 0 Å². The Balaban J connectivity index is 2.16. The van der Waals surface area contributed by atoms with Crippen LogP contribution in [0.1, 0.15) is 34.5 Å². The summed E-state index contributed by atoms with van der Waals surface area (Å²) in [7, 11) is 0. The molecule has 2 aromatic rings. The van der Waals surface area contributed by atoms with Gasteiger partial charge >= 0.3 is 0 Å². The number of carbonyl (C=O) groups is 1. The standard InChI is InChI=1S/C16H14BrF2NO/c1-9-7-11(3-6-14(9)17)16(21)20-10(2)13-5-4-12(18)8-15(13)19/h3-8,10H,1-2H3,(H,20,21). The van der Waals surface area contributed by atoms with E-state index in [4.69, 9.17) is 0 Å². The van der Waals surface area contributed by atoms with Gasteiger partial charge in [0.15, 0.2) is 0 Å². The highest BCUT2D eigenvalue weighted by Gasteiger charge is 2.15. The number of halogens is 3. The first-order valence-corrected chi connectivity index (χ1v) is 7.19. The predicted molar refractivity (Wildman–Crippen MR) is 81.1 cm³/mol. The number of benzene rings is 2. The number of amides is 1. The first-order chi connectivity index (χ1) is 9.88. The highest BCUT2D eigenvalue weighted by atomic mass is 79.9. The molecule has 1 unspecified atom stereocenters. The summed E-state index contributed by atoms with van der Waals surface area (Å²) in [4.78, 5) is 12.1. The molecule has 1 atom stereocenters. The molecule has 0 aliphatic heterocycles. The third kappa shape index (κ3) is 3.67. The molecule has 0 bridgehead atoms. The molecular formula is C16H14BrF2NO. The third-order valence-corrected chi connectivity index (χ3v) is 4.09. The molecule has 5 heteroatoms. The van der Waals surface area contributed by atoms with Gasteiger partial charge in [-0.1, -0.05) is 22.0 Å². The Morgan fingerprint density at radius 3 is 2.52 bits per heavy atom. The van der Waals surface area contributed by atoms with Gasteiger partial charge in [0.25, 0.3) is 5.91 Å². The highest BCUT2D eigenvalue weighted by molar-refractivity contribution is 9.10. The van der Waals surface area contributed by atoms with Crippen LogP contribution < -0.4 is 5.32 Å². The molecule has 0 fully saturated rings. The van der Waals surface area contributed by atoms with Crippen LogP contribution >= 0.6 is 15.9 Å². The lowest BCUT2D eigenvalue weighted by molar-refractivity contribution is 0.0939. The average molecular weight is 354 g/mol. The topological polar surface area (TPSA) is 29.1 Å². The van der Waals surface area contributed by atoms with Gasteiger partial charge in [-0.15, -0.1) is 0 Å². The fraction of sp³-hybridized carbons (Fsp3) is 0.188. The Morgan fingerprint density at radius 1 is 1.19 bits per heavy atom. The van der Waals surface area contributed by atoms with Crippen LogP contribution in [0.3, 0.4) is 0 Å². The minimum Gasteiger partial charge on any atom is -0.345 e.